The molecule has 2 atom stereocenters. The summed E-state index contributed by atoms with van der Waals surface area (Å²) in [6, 6.07) is 9.99. The molecule has 1 heterocycles. The Morgan fingerprint density at radius 1 is 1.42 bits per heavy atom. The second-order valence-electron chi connectivity index (χ2n) is 5.49. The van der Waals surface area contributed by atoms with Crippen LogP contribution in [0.5, 0.6) is 0 Å². The number of carbonyl (C=O) groups excluding carboxylic acids is 1. The molecule has 2 rings (SSSR count). The summed E-state index contributed by atoms with van der Waals surface area (Å²) in [5.41, 5.74) is 7.16. The summed E-state index contributed by atoms with van der Waals surface area (Å²) in [5.74, 6) is 0.0770. The number of likely N-dealkylation sites (N-methyl/N-ethyl adjacent to an activating group) is 1. The van der Waals surface area contributed by atoms with Crippen molar-refractivity contribution in [2.24, 2.45) is 5.73 Å². The quantitative estimate of drug-likeness (QED) is 0.869. The molecule has 1 fully saturated rings. The Morgan fingerprint density at radius 3 is 2.68 bits per heavy atom. The molecule has 0 aliphatic carbocycles. The van der Waals surface area contributed by atoms with E-state index in [0.717, 1.165) is 25.1 Å². The van der Waals surface area contributed by atoms with E-state index in [1.807, 2.05) is 35.2 Å². The van der Waals surface area contributed by atoms with Gasteiger partial charge in [-0.1, -0.05) is 30.3 Å². The number of hydrogen-bond acceptors (Lipinski definition) is 3. The first-order valence-electron chi connectivity index (χ1n) is 6.82. The van der Waals surface area contributed by atoms with Crippen LogP contribution in [-0.4, -0.2) is 55.0 Å². The summed E-state index contributed by atoms with van der Waals surface area (Å²) in [6.07, 6.45) is 1.65. The van der Waals surface area contributed by atoms with Gasteiger partial charge in [-0.25, -0.2) is 0 Å². The number of nitrogens with zero attached hydrogens (tertiary/aromatic N) is 2. The number of amides is 1. The standard InChI is InChI=1S/C15H23N3O/c1-17(2)13-8-9-18(11-13)15(19)14(16)10-12-6-4-3-5-7-12/h3-7,13-14H,8-11,16H2,1-2H3/t13?,14-/m0/s1. The lowest BCUT2D eigenvalue weighted by Crippen LogP contribution is -2.45. The Kier molecular flexibility index (Phi) is 4.56. The van der Waals surface area contributed by atoms with E-state index in [1.54, 1.807) is 0 Å². The molecule has 1 aromatic carbocycles. The summed E-state index contributed by atoms with van der Waals surface area (Å²) in [6.45, 7) is 1.62. The Balaban J connectivity index is 1.90. The highest BCUT2D eigenvalue weighted by atomic mass is 16.2. The van der Waals surface area contributed by atoms with Crippen LogP contribution >= 0.6 is 0 Å². The molecule has 19 heavy (non-hydrogen) atoms. The SMILES string of the molecule is CN(C)C1CCN(C(=O)[C@@H](N)Cc2ccccc2)C1. The Morgan fingerprint density at radius 2 is 2.11 bits per heavy atom. The van der Waals surface area contributed by atoms with E-state index in [2.05, 4.69) is 19.0 Å². The molecule has 1 unspecified atom stereocenters. The monoisotopic (exact) mass is 261 g/mol. The van der Waals surface area contributed by atoms with Gasteiger partial charge in [-0.3, -0.25) is 4.79 Å². The van der Waals surface area contributed by atoms with E-state index < -0.39 is 6.04 Å². The lowest BCUT2D eigenvalue weighted by Gasteiger charge is -2.23. The maximum absolute atomic E-state index is 12.3. The van der Waals surface area contributed by atoms with Gasteiger partial charge in [0.15, 0.2) is 0 Å². The summed E-state index contributed by atoms with van der Waals surface area (Å²) in [7, 11) is 4.12. The van der Waals surface area contributed by atoms with Crippen LogP contribution < -0.4 is 5.73 Å². The molecule has 0 saturated carbocycles. The molecule has 1 saturated heterocycles. The fraction of sp³-hybridized carbons (Fsp3) is 0.533. The predicted molar refractivity (Wildman–Crippen MR) is 76.8 cm³/mol. The first kappa shape index (κ1) is 14.0. The number of likely N-dealkylation sites (tertiary alicyclic amines) is 1. The molecule has 0 bridgehead atoms. The van der Waals surface area contributed by atoms with Crippen LogP contribution in [-0.2, 0) is 11.2 Å². The van der Waals surface area contributed by atoms with E-state index in [0.29, 0.717) is 12.5 Å². The lowest BCUT2D eigenvalue weighted by atomic mass is 10.1. The highest BCUT2D eigenvalue weighted by molar-refractivity contribution is 5.82. The van der Waals surface area contributed by atoms with E-state index in [1.165, 1.54) is 0 Å². The highest BCUT2D eigenvalue weighted by Crippen LogP contribution is 2.15. The normalized spacial score (nSPS) is 20.8. The fourth-order valence-corrected chi connectivity index (χ4v) is 2.55. The third-order valence-electron chi connectivity index (χ3n) is 3.82. The van der Waals surface area contributed by atoms with Crippen LogP contribution in [0.1, 0.15) is 12.0 Å². The van der Waals surface area contributed by atoms with Crippen molar-refractivity contribution in [3.8, 4) is 0 Å². The van der Waals surface area contributed by atoms with Crippen LogP contribution in [0.2, 0.25) is 0 Å². The minimum absolute atomic E-state index is 0.0770. The molecule has 4 nitrogen and oxygen atoms in total. The number of carbonyl (C=O) groups is 1. The molecule has 104 valence electrons. The van der Waals surface area contributed by atoms with Crippen molar-refractivity contribution < 1.29 is 4.79 Å². The first-order chi connectivity index (χ1) is 9.08. The third kappa shape index (κ3) is 3.55. The smallest absolute Gasteiger partial charge is 0.239 e. The minimum atomic E-state index is -0.427. The van der Waals surface area contributed by atoms with Crippen molar-refractivity contribution in [1.82, 2.24) is 9.80 Å². The highest BCUT2D eigenvalue weighted by Gasteiger charge is 2.30. The van der Waals surface area contributed by atoms with Crippen molar-refractivity contribution in [2.45, 2.75) is 24.9 Å². The summed E-state index contributed by atoms with van der Waals surface area (Å²) in [4.78, 5) is 16.4. The Labute approximate surface area is 115 Å². The topological polar surface area (TPSA) is 49.6 Å². The van der Waals surface area contributed by atoms with Gasteiger partial charge in [0, 0.05) is 19.1 Å². The molecule has 1 amide bonds. The zero-order valence-corrected chi connectivity index (χ0v) is 11.7. The van der Waals surface area contributed by atoms with Crippen molar-refractivity contribution in [1.29, 1.82) is 0 Å². The van der Waals surface area contributed by atoms with Crippen LogP contribution in [0.25, 0.3) is 0 Å². The van der Waals surface area contributed by atoms with Gasteiger partial charge in [-0.2, -0.15) is 0 Å². The number of hydrogen-bond donors (Lipinski definition) is 1. The molecule has 1 aromatic rings. The van der Waals surface area contributed by atoms with Crippen LogP contribution in [0.15, 0.2) is 30.3 Å². The fourth-order valence-electron chi connectivity index (χ4n) is 2.55. The molecule has 0 aromatic heterocycles. The van der Waals surface area contributed by atoms with E-state index in [4.69, 9.17) is 5.73 Å². The first-order valence-corrected chi connectivity index (χ1v) is 6.82. The number of rotatable bonds is 4. The lowest BCUT2D eigenvalue weighted by molar-refractivity contribution is -0.131. The number of nitrogens with two attached hydrogens (primary N) is 1. The number of benzene rings is 1. The summed E-state index contributed by atoms with van der Waals surface area (Å²) >= 11 is 0. The van der Waals surface area contributed by atoms with Gasteiger partial charge in [0.1, 0.15) is 0 Å². The van der Waals surface area contributed by atoms with Gasteiger partial charge in [-0.05, 0) is 32.5 Å². The predicted octanol–water partition coefficient (Wildman–Crippen LogP) is 0.719. The van der Waals surface area contributed by atoms with Crippen molar-refractivity contribution in [3.05, 3.63) is 35.9 Å². The van der Waals surface area contributed by atoms with Gasteiger partial charge in [0.25, 0.3) is 0 Å². The van der Waals surface area contributed by atoms with Gasteiger partial charge < -0.3 is 15.5 Å². The van der Waals surface area contributed by atoms with Crippen LogP contribution in [0, 0.1) is 0 Å². The van der Waals surface area contributed by atoms with E-state index in [9.17, 15) is 4.79 Å². The van der Waals surface area contributed by atoms with E-state index >= 15 is 0 Å². The average molecular weight is 261 g/mol. The van der Waals surface area contributed by atoms with Crippen molar-refractivity contribution in [2.75, 3.05) is 27.2 Å². The molecule has 0 radical (unpaired) electrons. The van der Waals surface area contributed by atoms with Gasteiger partial charge in [0.2, 0.25) is 5.91 Å². The molecule has 1 aliphatic rings. The molecular formula is C15H23N3O. The Hall–Kier alpha value is -1.39. The van der Waals surface area contributed by atoms with Crippen molar-refractivity contribution >= 4 is 5.91 Å². The van der Waals surface area contributed by atoms with Gasteiger partial charge >= 0.3 is 0 Å². The second kappa shape index (κ2) is 6.17. The van der Waals surface area contributed by atoms with Crippen LogP contribution in [0.4, 0.5) is 0 Å². The maximum atomic E-state index is 12.3. The third-order valence-corrected chi connectivity index (χ3v) is 3.82. The molecule has 2 N–H and O–H groups in total. The molecule has 4 heteroatoms. The van der Waals surface area contributed by atoms with Crippen LogP contribution in [0.3, 0.4) is 0 Å². The van der Waals surface area contributed by atoms with Gasteiger partial charge in [-0.15, -0.1) is 0 Å². The summed E-state index contributed by atoms with van der Waals surface area (Å²) < 4.78 is 0. The second-order valence-corrected chi connectivity index (χ2v) is 5.49. The average Bonchev–Trinajstić information content (AvgIpc) is 2.88. The van der Waals surface area contributed by atoms with E-state index in [-0.39, 0.29) is 5.91 Å². The maximum Gasteiger partial charge on any atom is 0.239 e. The zero-order chi connectivity index (χ0) is 13.8. The minimum Gasteiger partial charge on any atom is -0.340 e. The molecule has 1 aliphatic heterocycles. The Bertz CT molecular complexity index is 419. The molecular weight excluding hydrogens is 238 g/mol. The molecule has 0 spiro atoms. The largest absolute Gasteiger partial charge is 0.340 e. The van der Waals surface area contributed by atoms with Gasteiger partial charge in [0.05, 0.1) is 6.04 Å². The zero-order valence-electron chi connectivity index (χ0n) is 11.7. The van der Waals surface area contributed by atoms with Crippen molar-refractivity contribution in [3.63, 3.8) is 0 Å². The summed E-state index contributed by atoms with van der Waals surface area (Å²) in [5, 5.41) is 0.